The third kappa shape index (κ3) is 4.04. The van der Waals surface area contributed by atoms with Crippen LogP contribution < -0.4 is 5.32 Å². The second kappa shape index (κ2) is 8.04. The summed E-state index contributed by atoms with van der Waals surface area (Å²) in [6.07, 6.45) is 6.46. The smallest absolute Gasteiger partial charge is 0.251 e. The fourth-order valence-electron chi connectivity index (χ4n) is 4.37. The first-order valence-corrected chi connectivity index (χ1v) is 10.3. The first-order valence-electron chi connectivity index (χ1n) is 9.90. The molecule has 1 amide bonds. The summed E-state index contributed by atoms with van der Waals surface area (Å²) >= 11 is 6.23. The molecule has 0 unspecified atom stereocenters. The lowest BCUT2D eigenvalue weighted by Crippen LogP contribution is -2.44. The number of fused-ring (bicyclic) bond motifs is 1. The molecular formula is C23H26ClNO2. The van der Waals surface area contributed by atoms with Crippen molar-refractivity contribution in [3.8, 4) is 0 Å². The number of amides is 1. The Morgan fingerprint density at radius 1 is 1.04 bits per heavy atom. The topological polar surface area (TPSA) is 38.3 Å². The first kappa shape index (κ1) is 18.5. The molecule has 2 aromatic carbocycles. The number of nitrogens with one attached hydrogen (secondary N) is 1. The molecule has 2 aliphatic rings. The van der Waals surface area contributed by atoms with E-state index in [1.165, 1.54) is 29.5 Å². The third-order valence-corrected chi connectivity index (χ3v) is 6.32. The van der Waals surface area contributed by atoms with E-state index in [1.54, 1.807) is 0 Å². The van der Waals surface area contributed by atoms with Gasteiger partial charge in [-0.15, -0.1) is 0 Å². The van der Waals surface area contributed by atoms with Crippen LogP contribution in [-0.4, -0.2) is 25.7 Å². The summed E-state index contributed by atoms with van der Waals surface area (Å²) in [6.45, 7) is 2.02. The second-order valence-corrected chi connectivity index (χ2v) is 8.21. The van der Waals surface area contributed by atoms with Crippen molar-refractivity contribution >= 4 is 17.5 Å². The second-order valence-electron chi connectivity index (χ2n) is 7.78. The number of aryl methyl sites for hydroxylation is 2. The van der Waals surface area contributed by atoms with E-state index in [-0.39, 0.29) is 11.3 Å². The van der Waals surface area contributed by atoms with E-state index in [9.17, 15) is 4.79 Å². The Labute approximate surface area is 166 Å². The standard InChI is InChI=1S/C23H26ClNO2/c24-21-7-3-6-20(15-21)23(10-12-27-13-11-23)16-25-22(26)19-9-8-17-4-1-2-5-18(17)14-19/h3,6-9,14-15H,1-2,4-5,10-13,16H2,(H,25,26). The van der Waals surface area contributed by atoms with Gasteiger partial charge in [0.2, 0.25) is 0 Å². The van der Waals surface area contributed by atoms with Crippen LogP contribution in [0, 0.1) is 0 Å². The molecule has 0 atom stereocenters. The minimum atomic E-state index is -0.118. The van der Waals surface area contributed by atoms with Gasteiger partial charge in [-0.05, 0) is 79.5 Å². The molecule has 1 N–H and O–H groups in total. The summed E-state index contributed by atoms with van der Waals surface area (Å²) in [5.41, 5.74) is 4.57. The molecule has 27 heavy (non-hydrogen) atoms. The number of carbonyl (C=O) groups excluding carboxylic acids is 1. The van der Waals surface area contributed by atoms with E-state index < -0.39 is 0 Å². The Kier molecular flexibility index (Phi) is 5.51. The maximum atomic E-state index is 12.8. The number of halogens is 1. The maximum absolute atomic E-state index is 12.8. The molecule has 0 bridgehead atoms. The van der Waals surface area contributed by atoms with Gasteiger partial charge in [-0.1, -0.05) is 29.8 Å². The quantitative estimate of drug-likeness (QED) is 0.831. The summed E-state index contributed by atoms with van der Waals surface area (Å²) in [5.74, 6) is 0.0104. The number of hydrogen-bond acceptors (Lipinski definition) is 2. The van der Waals surface area contributed by atoms with Gasteiger partial charge in [0, 0.05) is 35.8 Å². The SMILES string of the molecule is O=C(NCC1(c2cccc(Cl)c2)CCOCC1)c1ccc2c(c1)CCCC2. The number of hydrogen-bond donors (Lipinski definition) is 1. The summed E-state index contributed by atoms with van der Waals surface area (Å²) in [4.78, 5) is 12.8. The van der Waals surface area contributed by atoms with Crippen molar-refractivity contribution in [3.63, 3.8) is 0 Å². The van der Waals surface area contributed by atoms with Crippen molar-refractivity contribution < 1.29 is 9.53 Å². The van der Waals surface area contributed by atoms with Gasteiger partial charge < -0.3 is 10.1 Å². The van der Waals surface area contributed by atoms with Gasteiger partial charge in [-0.25, -0.2) is 0 Å². The molecule has 142 valence electrons. The Morgan fingerprint density at radius 2 is 1.81 bits per heavy atom. The Hall–Kier alpha value is -1.84. The van der Waals surface area contributed by atoms with Crippen LogP contribution in [-0.2, 0) is 23.0 Å². The summed E-state index contributed by atoms with van der Waals surface area (Å²) in [5, 5.41) is 3.93. The molecule has 0 saturated carbocycles. The van der Waals surface area contributed by atoms with Gasteiger partial charge in [-0.2, -0.15) is 0 Å². The van der Waals surface area contributed by atoms with Gasteiger partial charge >= 0.3 is 0 Å². The van der Waals surface area contributed by atoms with Crippen LogP contribution in [0.2, 0.25) is 5.02 Å². The molecule has 1 aliphatic carbocycles. The number of ether oxygens (including phenoxy) is 1. The van der Waals surface area contributed by atoms with Crippen LogP contribution in [0.15, 0.2) is 42.5 Å². The maximum Gasteiger partial charge on any atom is 0.251 e. The lowest BCUT2D eigenvalue weighted by molar-refractivity contribution is 0.0487. The van der Waals surface area contributed by atoms with E-state index >= 15 is 0 Å². The summed E-state index contributed by atoms with van der Waals surface area (Å²) in [7, 11) is 0. The Balaban J connectivity index is 1.51. The van der Waals surface area contributed by atoms with Crippen LogP contribution in [0.4, 0.5) is 0 Å². The Bertz CT molecular complexity index is 827. The summed E-state index contributed by atoms with van der Waals surface area (Å²) in [6, 6.07) is 14.2. The highest BCUT2D eigenvalue weighted by atomic mass is 35.5. The fourth-order valence-corrected chi connectivity index (χ4v) is 4.56. The largest absolute Gasteiger partial charge is 0.381 e. The molecule has 1 fully saturated rings. The molecule has 1 heterocycles. The molecule has 0 aromatic heterocycles. The van der Waals surface area contributed by atoms with Crippen LogP contribution in [0.5, 0.6) is 0 Å². The molecular weight excluding hydrogens is 358 g/mol. The zero-order valence-electron chi connectivity index (χ0n) is 15.6. The van der Waals surface area contributed by atoms with Crippen LogP contribution in [0.25, 0.3) is 0 Å². The highest BCUT2D eigenvalue weighted by Gasteiger charge is 2.35. The van der Waals surface area contributed by atoms with Gasteiger partial charge in [0.1, 0.15) is 0 Å². The highest BCUT2D eigenvalue weighted by molar-refractivity contribution is 6.30. The van der Waals surface area contributed by atoms with Gasteiger partial charge in [0.25, 0.3) is 5.91 Å². The molecule has 1 saturated heterocycles. The first-order chi connectivity index (χ1) is 13.2. The van der Waals surface area contributed by atoms with Crippen molar-refractivity contribution in [1.29, 1.82) is 0 Å². The van der Waals surface area contributed by atoms with Crippen LogP contribution >= 0.6 is 11.6 Å². The molecule has 3 nitrogen and oxygen atoms in total. The van der Waals surface area contributed by atoms with Crippen molar-refractivity contribution in [2.24, 2.45) is 0 Å². The number of rotatable bonds is 4. The predicted molar refractivity (Wildman–Crippen MR) is 109 cm³/mol. The molecule has 1 aliphatic heterocycles. The van der Waals surface area contributed by atoms with E-state index in [4.69, 9.17) is 16.3 Å². The zero-order valence-corrected chi connectivity index (χ0v) is 16.4. The number of benzene rings is 2. The Morgan fingerprint density at radius 3 is 2.59 bits per heavy atom. The van der Waals surface area contributed by atoms with Crippen molar-refractivity contribution in [2.45, 2.75) is 43.9 Å². The monoisotopic (exact) mass is 383 g/mol. The van der Waals surface area contributed by atoms with Gasteiger partial charge in [0.05, 0.1) is 0 Å². The molecule has 0 spiro atoms. The van der Waals surface area contributed by atoms with Crippen molar-refractivity contribution in [2.75, 3.05) is 19.8 Å². The average molecular weight is 384 g/mol. The van der Waals surface area contributed by atoms with E-state index in [1.807, 2.05) is 24.3 Å². The zero-order chi connectivity index (χ0) is 18.7. The van der Waals surface area contributed by atoms with Crippen LogP contribution in [0.1, 0.15) is 52.7 Å². The van der Waals surface area contributed by atoms with Crippen molar-refractivity contribution in [1.82, 2.24) is 5.32 Å². The van der Waals surface area contributed by atoms with E-state index in [0.717, 1.165) is 36.3 Å². The predicted octanol–water partition coefficient (Wildman–Crippen LogP) is 4.70. The molecule has 4 heteroatoms. The minimum absolute atomic E-state index is 0.0104. The van der Waals surface area contributed by atoms with E-state index in [2.05, 4.69) is 23.5 Å². The van der Waals surface area contributed by atoms with Crippen LogP contribution in [0.3, 0.4) is 0 Å². The average Bonchev–Trinajstić information content (AvgIpc) is 2.72. The van der Waals surface area contributed by atoms with Gasteiger partial charge in [0.15, 0.2) is 0 Å². The lowest BCUT2D eigenvalue weighted by Gasteiger charge is -2.38. The summed E-state index contributed by atoms with van der Waals surface area (Å²) < 4.78 is 5.58. The number of carbonyl (C=O) groups is 1. The highest BCUT2D eigenvalue weighted by Crippen LogP contribution is 2.35. The van der Waals surface area contributed by atoms with Gasteiger partial charge in [-0.3, -0.25) is 4.79 Å². The minimum Gasteiger partial charge on any atom is -0.381 e. The normalized spacial score (nSPS) is 18.6. The lowest BCUT2D eigenvalue weighted by atomic mass is 9.74. The molecule has 2 aromatic rings. The molecule has 4 rings (SSSR count). The van der Waals surface area contributed by atoms with Crippen molar-refractivity contribution in [3.05, 3.63) is 69.7 Å². The fraction of sp³-hybridized carbons (Fsp3) is 0.435. The molecule has 0 radical (unpaired) electrons. The third-order valence-electron chi connectivity index (χ3n) is 6.08. The van der Waals surface area contributed by atoms with E-state index in [0.29, 0.717) is 19.8 Å².